The summed E-state index contributed by atoms with van der Waals surface area (Å²) < 4.78 is 49.0. The van der Waals surface area contributed by atoms with Crippen LogP contribution in [-0.4, -0.2) is 27.6 Å². The second-order valence-electron chi connectivity index (χ2n) is 5.35. The molecule has 0 saturated carbocycles. The molecule has 0 atom stereocenters. The molecule has 2 N–H and O–H groups in total. The number of thioether (sulfide) groups is 1. The predicted octanol–water partition coefficient (Wildman–Crippen LogP) is 4.30. The van der Waals surface area contributed by atoms with E-state index in [9.17, 15) is 13.2 Å². The van der Waals surface area contributed by atoms with Gasteiger partial charge in [0.2, 0.25) is 5.88 Å². The highest BCUT2D eigenvalue weighted by atomic mass is 32.2. The van der Waals surface area contributed by atoms with E-state index in [0.29, 0.717) is 11.5 Å². The quantitative estimate of drug-likeness (QED) is 0.781. The van der Waals surface area contributed by atoms with Gasteiger partial charge < -0.3 is 15.2 Å². The van der Waals surface area contributed by atoms with Crippen molar-refractivity contribution in [2.24, 2.45) is 0 Å². The second-order valence-corrected chi connectivity index (χ2v) is 6.46. The standard InChI is InChI=1S/C15H17F3N4O2S/c1-7(2)12-9(24-10-6-20-8(3)21-13(10)19)5-11(14(22-12)23-4)25-15(16,17)18/h5-7H,1-4H3,(H2,19,20,21). The molecular weight excluding hydrogens is 357 g/mol. The summed E-state index contributed by atoms with van der Waals surface area (Å²) in [6.45, 7) is 5.33. The minimum Gasteiger partial charge on any atom is -0.480 e. The third kappa shape index (κ3) is 4.88. The first-order valence-electron chi connectivity index (χ1n) is 7.22. The van der Waals surface area contributed by atoms with Crippen LogP contribution in [0.25, 0.3) is 0 Å². The number of hydrogen-bond acceptors (Lipinski definition) is 7. The van der Waals surface area contributed by atoms with Crippen molar-refractivity contribution >= 4 is 17.6 Å². The van der Waals surface area contributed by atoms with Crippen LogP contribution in [0.5, 0.6) is 17.4 Å². The summed E-state index contributed by atoms with van der Waals surface area (Å²) in [5, 5.41) is 0. The largest absolute Gasteiger partial charge is 0.480 e. The van der Waals surface area contributed by atoms with E-state index in [-0.39, 0.29) is 45.8 Å². The number of alkyl halides is 3. The molecule has 25 heavy (non-hydrogen) atoms. The Morgan fingerprint density at radius 3 is 2.40 bits per heavy atom. The van der Waals surface area contributed by atoms with Crippen molar-refractivity contribution in [1.29, 1.82) is 0 Å². The summed E-state index contributed by atoms with van der Waals surface area (Å²) in [4.78, 5) is 11.9. The first-order valence-corrected chi connectivity index (χ1v) is 8.04. The van der Waals surface area contributed by atoms with Gasteiger partial charge in [-0.1, -0.05) is 13.8 Å². The van der Waals surface area contributed by atoms with E-state index >= 15 is 0 Å². The van der Waals surface area contributed by atoms with Crippen molar-refractivity contribution in [1.82, 2.24) is 15.0 Å². The van der Waals surface area contributed by atoms with Crippen molar-refractivity contribution < 1.29 is 22.6 Å². The molecule has 0 radical (unpaired) electrons. The smallest absolute Gasteiger partial charge is 0.446 e. The molecule has 0 saturated heterocycles. The maximum Gasteiger partial charge on any atom is 0.446 e. The molecule has 0 fully saturated rings. The number of nitrogens with two attached hydrogens (primary N) is 1. The predicted molar refractivity (Wildman–Crippen MR) is 88.0 cm³/mol. The molecular formula is C15H17F3N4O2S. The fourth-order valence-corrected chi connectivity index (χ4v) is 2.62. The lowest BCUT2D eigenvalue weighted by Gasteiger charge is -2.17. The van der Waals surface area contributed by atoms with E-state index in [1.807, 2.05) is 13.8 Å². The van der Waals surface area contributed by atoms with Gasteiger partial charge in [0.25, 0.3) is 0 Å². The molecule has 136 valence electrons. The average Bonchev–Trinajstić information content (AvgIpc) is 2.48. The Kier molecular flexibility index (Phi) is 5.61. The summed E-state index contributed by atoms with van der Waals surface area (Å²) in [6.07, 6.45) is 1.36. The van der Waals surface area contributed by atoms with Gasteiger partial charge in [-0.25, -0.2) is 15.0 Å². The number of hydrogen-bond donors (Lipinski definition) is 1. The molecule has 0 unspecified atom stereocenters. The number of pyridine rings is 1. The van der Waals surface area contributed by atoms with Crippen LogP contribution in [0.2, 0.25) is 0 Å². The van der Waals surface area contributed by atoms with Gasteiger partial charge in [0.05, 0.1) is 23.9 Å². The van der Waals surface area contributed by atoms with Crippen molar-refractivity contribution in [2.45, 2.75) is 37.1 Å². The highest BCUT2D eigenvalue weighted by Crippen LogP contribution is 2.44. The van der Waals surface area contributed by atoms with Crippen molar-refractivity contribution in [2.75, 3.05) is 12.8 Å². The molecule has 2 rings (SSSR count). The number of nitrogens with zero attached hydrogens (tertiary/aromatic N) is 3. The van der Waals surface area contributed by atoms with Crippen LogP contribution in [0.1, 0.15) is 31.3 Å². The Labute approximate surface area is 147 Å². The SMILES string of the molecule is COc1nc(C(C)C)c(Oc2cnc(C)nc2N)cc1SC(F)(F)F. The van der Waals surface area contributed by atoms with E-state index in [1.54, 1.807) is 6.92 Å². The number of methoxy groups -OCH3 is 1. The topological polar surface area (TPSA) is 83.2 Å². The normalized spacial score (nSPS) is 11.7. The van der Waals surface area contributed by atoms with Crippen molar-refractivity contribution in [3.63, 3.8) is 0 Å². The Morgan fingerprint density at radius 2 is 1.88 bits per heavy atom. The van der Waals surface area contributed by atoms with Crippen LogP contribution >= 0.6 is 11.8 Å². The van der Waals surface area contributed by atoms with Crippen LogP contribution in [0.4, 0.5) is 19.0 Å². The first kappa shape index (κ1) is 19.1. The van der Waals surface area contributed by atoms with E-state index in [2.05, 4.69) is 15.0 Å². The molecule has 0 aliphatic carbocycles. The fraction of sp³-hybridized carbons (Fsp3) is 0.400. The summed E-state index contributed by atoms with van der Waals surface area (Å²) in [5.41, 5.74) is 1.73. The third-order valence-corrected chi connectivity index (χ3v) is 3.78. The van der Waals surface area contributed by atoms with E-state index in [4.69, 9.17) is 15.2 Å². The van der Waals surface area contributed by atoms with Gasteiger partial charge in [-0.15, -0.1) is 0 Å². The zero-order chi connectivity index (χ0) is 18.8. The third-order valence-electron chi connectivity index (χ3n) is 3.04. The molecule has 0 aliphatic heterocycles. The van der Waals surface area contributed by atoms with E-state index in [0.717, 1.165) is 0 Å². The van der Waals surface area contributed by atoms with Gasteiger partial charge >= 0.3 is 5.51 Å². The zero-order valence-corrected chi connectivity index (χ0v) is 14.8. The lowest BCUT2D eigenvalue weighted by Crippen LogP contribution is -2.06. The van der Waals surface area contributed by atoms with Gasteiger partial charge in [-0.3, -0.25) is 0 Å². The zero-order valence-electron chi connectivity index (χ0n) is 14.0. The molecule has 2 aromatic rings. The number of halogens is 3. The molecule has 0 aliphatic rings. The number of aryl methyl sites for hydroxylation is 1. The fourth-order valence-electron chi connectivity index (χ4n) is 1.99. The van der Waals surface area contributed by atoms with Gasteiger partial charge in [-0.2, -0.15) is 13.2 Å². The summed E-state index contributed by atoms with van der Waals surface area (Å²) in [7, 11) is 1.26. The van der Waals surface area contributed by atoms with Gasteiger partial charge in [0.15, 0.2) is 17.3 Å². The lowest BCUT2D eigenvalue weighted by molar-refractivity contribution is -0.0329. The minimum atomic E-state index is -4.49. The van der Waals surface area contributed by atoms with Crippen molar-refractivity contribution in [3.8, 4) is 17.4 Å². The van der Waals surface area contributed by atoms with E-state index in [1.165, 1.54) is 19.4 Å². The Balaban J connectivity index is 2.51. The van der Waals surface area contributed by atoms with E-state index < -0.39 is 5.51 Å². The number of aromatic nitrogens is 3. The number of ether oxygens (including phenoxy) is 2. The molecule has 0 aromatic carbocycles. The monoisotopic (exact) mass is 374 g/mol. The Hall–Kier alpha value is -2.23. The minimum absolute atomic E-state index is 0.0862. The Morgan fingerprint density at radius 1 is 1.20 bits per heavy atom. The molecule has 10 heteroatoms. The molecule has 6 nitrogen and oxygen atoms in total. The average molecular weight is 374 g/mol. The molecule has 0 bridgehead atoms. The van der Waals surface area contributed by atoms with Crippen LogP contribution in [0.15, 0.2) is 17.2 Å². The molecule has 0 spiro atoms. The highest BCUT2D eigenvalue weighted by Gasteiger charge is 2.32. The first-order chi connectivity index (χ1) is 11.6. The van der Waals surface area contributed by atoms with Crippen molar-refractivity contribution in [3.05, 3.63) is 23.8 Å². The van der Waals surface area contributed by atoms with Crippen LogP contribution in [0.3, 0.4) is 0 Å². The molecule has 2 heterocycles. The summed E-state index contributed by atoms with van der Waals surface area (Å²) in [6, 6.07) is 1.23. The summed E-state index contributed by atoms with van der Waals surface area (Å²) in [5.74, 6) is 0.579. The van der Waals surface area contributed by atoms with Gasteiger partial charge in [-0.05, 0) is 24.6 Å². The summed E-state index contributed by atoms with van der Waals surface area (Å²) >= 11 is -0.326. The lowest BCUT2D eigenvalue weighted by atomic mass is 10.1. The van der Waals surface area contributed by atoms with Crippen LogP contribution < -0.4 is 15.2 Å². The number of anilines is 1. The molecule has 2 aromatic heterocycles. The number of rotatable bonds is 5. The second kappa shape index (κ2) is 7.34. The maximum atomic E-state index is 12.8. The van der Waals surface area contributed by atoms with Gasteiger partial charge in [0.1, 0.15) is 5.82 Å². The van der Waals surface area contributed by atoms with Crippen LogP contribution in [-0.2, 0) is 0 Å². The highest BCUT2D eigenvalue weighted by molar-refractivity contribution is 8.00. The molecule has 0 amide bonds. The van der Waals surface area contributed by atoms with Gasteiger partial charge in [0, 0.05) is 6.07 Å². The maximum absolute atomic E-state index is 12.8. The number of nitrogen functional groups attached to an aromatic ring is 1. The Bertz CT molecular complexity index is 769. The van der Waals surface area contributed by atoms with Crippen LogP contribution in [0, 0.1) is 6.92 Å².